The van der Waals surface area contributed by atoms with Crippen molar-refractivity contribution in [1.82, 2.24) is 15.1 Å². The van der Waals surface area contributed by atoms with Crippen LogP contribution < -0.4 is 10.1 Å². The van der Waals surface area contributed by atoms with Crippen LogP contribution in [0.3, 0.4) is 0 Å². The van der Waals surface area contributed by atoms with Crippen LogP contribution in [0.4, 0.5) is 0 Å². The summed E-state index contributed by atoms with van der Waals surface area (Å²) in [5, 5.41) is 3.69. The van der Waals surface area contributed by atoms with Crippen LogP contribution in [0.2, 0.25) is 0 Å². The molecule has 2 bridgehead atoms. The Labute approximate surface area is 173 Å². The van der Waals surface area contributed by atoms with Gasteiger partial charge in [0.2, 0.25) is 5.91 Å². The first kappa shape index (κ1) is 20.2. The summed E-state index contributed by atoms with van der Waals surface area (Å²) in [5.74, 6) is 2.13. The van der Waals surface area contributed by atoms with Gasteiger partial charge in [-0.3, -0.25) is 9.59 Å². The summed E-state index contributed by atoms with van der Waals surface area (Å²) in [7, 11) is 0. The van der Waals surface area contributed by atoms with E-state index in [1.807, 2.05) is 40.1 Å². The van der Waals surface area contributed by atoms with E-state index < -0.39 is 0 Å². The van der Waals surface area contributed by atoms with Crippen LogP contribution >= 0.6 is 0 Å². The van der Waals surface area contributed by atoms with Gasteiger partial charge in [-0.05, 0) is 62.6 Å². The lowest BCUT2D eigenvalue weighted by Crippen LogP contribution is -2.57. The third kappa shape index (κ3) is 5.30. The molecule has 3 fully saturated rings. The van der Waals surface area contributed by atoms with Gasteiger partial charge in [-0.25, -0.2) is 0 Å². The van der Waals surface area contributed by atoms with Crippen molar-refractivity contribution >= 4 is 11.8 Å². The van der Waals surface area contributed by atoms with Crippen molar-refractivity contribution in [3.63, 3.8) is 0 Å². The molecule has 0 radical (unpaired) electrons. The Morgan fingerprint density at radius 1 is 1.03 bits per heavy atom. The van der Waals surface area contributed by atoms with Crippen molar-refractivity contribution in [3.8, 4) is 5.75 Å². The van der Waals surface area contributed by atoms with Crippen molar-refractivity contribution < 1.29 is 14.3 Å². The maximum absolute atomic E-state index is 12.7. The van der Waals surface area contributed by atoms with Crippen LogP contribution in [0, 0.1) is 11.8 Å². The molecule has 3 unspecified atom stereocenters. The SMILES string of the molecule is O=C(CCCC1NCC2CC1CN(C(=O)COc1ccccc1)C2)N1CCCC1. The molecule has 3 heterocycles. The Hall–Kier alpha value is -2.08. The van der Waals surface area contributed by atoms with Crippen LogP contribution in [0.1, 0.15) is 38.5 Å². The maximum Gasteiger partial charge on any atom is 0.260 e. The highest BCUT2D eigenvalue weighted by molar-refractivity contribution is 5.78. The number of carbonyl (C=O) groups excluding carboxylic acids is 2. The first-order valence-electron chi connectivity index (χ1n) is 11.2. The fraction of sp³-hybridized carbons (Fsp3) is 0.652. The van der Waals surface area contributed by atoms with Gasteiger partial charge >= 0.3 is 0 Å². The van der Waals surface area contributed by atoms with Gasteiger partial charge in [0.1, 0.15) is 5.75 Å². The fourth-order valence-electron chi connectivity index (χ4n) is 5.06. The Balaban J connectivity index is 1.23. The third-order valence-electron chi connectivity index (χ3n) is 6.63. The number of hydrogen-bond donors (Lipinski definition) is 1. The Morgan fingerprint density at radius 3 is 2.62 bits per heavy atom. The molecule has 4 rings (SSSR count). The number of benzene rings is 1. The van der Waals surface area contributed by atoms with E-state index >= 15 is 0 Å². The predicted molar refractivity (Wildman–Crippen MR) is 112 cm³/mol. The molecule has 1 aromatic rings. The molecule has 0 aromatic heterocycles. The highest BCUT2D eigenvalue weighted by atomic mass is 16.5. The number of carbonyl (C=O) groups is 2. The van der Waals surface area contributed by atoms with Gasteiger partial charge in [-0.15, -0.1) is 0 Å². The molecular formula is C23H33N3O3. The number of para-hydroxylation sites is 1. The minimum Gasteiger partial charge on any atom is -0.484 e. The first-order valence-corrected chi connectivity index (χ1v) is 11.2. The molecule has 0 spiro atoms. The molecule has 2 amide bonds. The molecule has 3 atom stereocenters. The second-order valence-corrected chi connectivity index (χ2v) is 8.76. The molecule has 158 valence electrons. The Bertz CT molecular complexity index is 690. The molecule has 6 nitrogen and oxygen atoms in total. The number of hydrogen-bond acceptors (Lipinski definition) is 4. The van der Waals surface area contributed by atoms with E-state index in [2.05, 4.69) is 5.32 Å². The van der Waals surface area contributed by atoms with Gasteiger partial charge in [0.15, 0.2) is 6.61 Å². The summed E-state index contributed by atoms with van der Waals surface area (Å²) >= 11 is 0. The van der Waals surface area contributed by atoms with Gasteiger partial charge in [0, 0.05) is 38.6 Å². The average molecular weight is 400 g/mol. The van der Waals surface area contributed by atoms with Gasteiger partial charge < -0.3 is 19.9 Å². The predicted octanol–water partition coefficient (Wildman–Crippen LogP) is 2.29. The van der Waals surface area contributed by atoms with Crippen LogP contribution in [0.5, 0.6) is 5.75 Å². The van der Waals surface area contributed by atoms with Crippen molar-refractivity contribution in [2.24, 2.45) is 11.8 Å². The lowest BCUT2D eigenvalue weighted by Gasteiger charge is -2.46. The lowest BCUT2D eigenvalue weighted by atomic mass is 9.79. The van der Waals surface area contributed by atoms with Gasteiger partial charge in [0.25, 0.3) is 5.91 Å². The normalized spacial score (nSPS) is 26.4. The topological polar surface area (TPSA) is 61.9 Å². The molecule has 3 saturated heterocycles. The second-order valence-electron chi connectivity index (χ2n) is 8.76. The number of fused-ring (bicyclic) bond motifs is 2. The first-order chi connectivity index (χ1) is 14.2. The summed E-state index contributed by atoms with van der Waals surface area (Å²) < 4.78 is 5.66. The molecule has 3 aliphatic heterocycles. The lowest BCUT2D eigenvalue weighted by molar-refractivity contribution is -0.137. The van der Waals surface area contributed by atoms with Gasteiger partial charge in [-0.2, -0.15) is 0 Å². The number of rotatable bonds is 7. The van der Waals surface area contributed by atoms with E-state index in [1.54, 1.807) is 0 Å². The Morgan fingerprint density at radius 2 is 1.83 bits per heavy atom. The Kier molecular flexibility index (Phi) is 6.70. The van der Waals surface area contributed by atoms with Crippen molar-refractivity contribution in [2.45, 2.75) is 44.6 Å². The van der Waals surface area contributed by atoms with E-state index in [1.165, 1.54) is 6.42 Å². The number of ether oxygens (including phenoxy) is 1. The minimum absolute atomic E-state index is 0.0772. The van der Waals surface area contributed by atoms with Crippen molar-refractivity contribution in [3.05, 3.63) is 30.3 Å². The molecular weight excluding hydrogens is 366 g/mol. The number of amides is 2. The zero-order chi connectivity index (χ0) is 20.1. The number of likely N-dealkylation sites (tertiary alicyclic amines) is 2. The van der Waals surface area contributed by atoms with E-state index in [-0.39, 0.29) is 12.5 Å². The molecule has 1 N–H and O–H groups in total. The molecule has 0 saturated carbocycles. The largest absolute Gasteiger partial charge is 0.484 e. The van der Waals surface area contributed by atoms with Crippen LogP contribution in [0.25, 0.3) is 0 Å². The highest BCUT2D eigenvalue weighted by Gasteiger charge is 2.37. The monoisotopic (exact) mass is 399 g/mol. The molecule has 0 aliphatic carbocycles. The number of nitrogens with zero attached hydrogens (tertiary/aromatic N) is 2. The van der Waals surface area contributed by atoms with Crippen LogP contribution in [-0.4, -0.2) is 67.0 Å². The van der Waals surface area contributed by atoms with E-state index in [9.17, 15) is 9.59 Å². The molecule has 3 aliphatic rings. The summed E-state index contributed by atoms with van der Waals surface area (Å²) in [6.45, 7) is 4.56. The van der Waals surface area contributed by atoms with Gasteiger partial charge in [0.05, 0.1) is 0 Å². The van der Waals surface area contributed by atoms with Gasteiger partial charge in [-0.1, -0.05) is 18.2 Å². The minimum atomic E-state index is 0.0772. The quantitative estimate of drug-likeness (QED) is 0.764. The van der Waals surface area contributed by atoms with E-state index in [0.29, 0.717) is 30.2 Å². The summed E-state index contributed by atoms with van der Waals surface area (Å²) in [6, 6.07) is 9.92. The number of piperidine rings is 2. The van der Waals surface area contributed by atoms with Crippen molar-refractivity contribution in [1.29, 1.82) is 0 Å². The zero-order valence-electron chi connectivity index (χ0n) is 17.2. The smallest absolute Gasteiger partial charge is 0.260 e. The van der Waals surface area contributed by atoms with Crippen molar-refractivity contribution in [2.75, 3.05) is 39.3 Å². The third-order valence-corrected chi connectivity index (χ3v) is 6.63. The second kappa shape index (κ2) is 9.61. The summed E-state index contributed by atoms with van der Waals surface area (Å²) in [5.41, 5.74) is 0. The maximum atomic E-state index is 12.7. The molecule has 1 aromatic carbocycles. The highest BCUT2D eigenvalue weighted by Crippen LogP contribution is 2.30. The fourth-order valence-corrected chi connectivity index (χ4v) is 5.06. The summed E-state index contributed by atoms with van der Waals surface area (Å²) in [4.78, 5) is 29.0. The molecule has 6 heteroatoms. The van der Waals surface area contributed by atoms with Crippen LogP contribution in [0.15, 0.2) is 30.3 Å². The molecule has 29 heavy (non-hydrogen) atoms. The zero-order valence-corrected chi connectivity index (χ0v) is 17.2. The van der Waals surface area contributed by atoms with Crippen LogP contribution in [-0.2, 0) is 9.59 Å². The van der Waals surface area contributed by atoms with E-state index in [0.717, 1.165) is 64.2 Å². The number of nitrogens with one attached hydrogen (secondary N) is 1. The van der Waals surface area contributed by atoms with E-state index in [4.69, 9.17) is 4.74 Å². The summed E-state index contributed by atoms with van der Waals surface area (Å²) in [6.07, 6.45) is 6.08. The standard InChI is InChI=1S/C23H33N3O3/c27-22(25-11-4-5-12-25)10-6-9-21-19-13-18(14-24-21)15-26(16-19)23(28)17-29-20-7-2-1-3-8-20/h1-3,7-8,18-19,21,24H,4-6,9-17H2. The average Bonchev–Trinajstić information content (AvgIpc) is 3.29.